The fourth-order valence-corrected chi connectivity index (χ4v) is 2.88. The van der Waals surface area contributed by atoms with E-state index >= 15 is 0 Å². The Morgan fingerprint density at radius 2 is 1.82 bits per heavy atom. The quantitative estimate of drug-likeness (QED) is 0.604. The molecule has 1 rings (SSSR count). The molecule has 0 atom stereocenters. The molecule has 2 nitrogen and oxygen atoms in total. The van der Waals surface area contributed by atoms with Crippen LogP contribution in [0.15, 0.2) is 0 Å². The molecule has 0 unspecified atom stereocenters. The van der Waals surface area contributed by atoms with Crippen molar-refractivity contribution < 1.29 is 8.85 Å². The van der Waals surface area contributed by atoms with Crippen LogP contribution in [0.2, 0.25) is 6.55 Å². The molecule has 0 amide bonds. The zero-order valence-corrected chi connectivity index (χ0v) is 8.59. The molecule has 0 saturated heterocycles. The SMILES string of the molecule is CO[Si](C)([CH]C1CCC1)OC. The van der Waals surface area contributed by atoms with Crippen LogP contribution in [0.1, 0.15) is 19.3 Å². The minimum Gasteiger partial charge on any atom is -0.398 e. The molecule has 1 saturated carbocycles. The van der Waals surface area contributed by atoms with Crippen molar-refractivity contribution in [3.63, 3.8) is 0 Å². The van der Waals surface area contributed by atoms with Crippen LogP contribution in [0.25, 0.3) is 0 Å². The van der Waals surface area contributed by atoms with Crippen molar-refractivity contribution in [2.24, 2.45) is 5.92 Å². The Bertz CT molecular complexity index is 119. The van der Waals surface area contributed by atoms with Crippen LogP contribution in [-0.2, 0) is 8.85 Å². The third-order valence-corrected chi connectivity index (χ3v) is 5.20. The molecular formula is C8H17O2Si. The molecule has 11 heavy (non-hydrogen) atoms. The maximum atomic E-state index is 5.35. The molecule has 1 fully saturated rings. The maximum absolute atomic E-state index is 5.35. The average Bonchev–Trinajstić information content (AvgIpc) is 1.97. The standard InChI is InChI=1S/C8H17O2Si/c1-9-11(3,10-2)7-8-5-4-6-8/h7-8H,4-6H2,1-3H3. The van der Waals surface area contributed by atoms with Gasteiger partial charge in [-0.2, -0.15) is 0 Å². The first-order valence-corrected chi connectivity index (χ1v) is 6.56. The number of hydrogen-bond donors (Lipinski definition) is 0. The van der Waals surface area contributed by atoms with Gasteiger partial charge in [0, 0.05) is 20.3 Å². The van der Waals surface area contributed by atoms with E-state index < -0.39 is 8.56 Å². The lowest BCUT2D eigenvalue weighted by Gasteiger charge is -2.32. The monoisotopic (exact) mass is 173 g/mol. The minimum atomic E-state index is -1.86. The molecule has 65 valence electrons. The summed E-state index contributed by atoms with van der Waals surface area (Å²) in [6.45, 7) is 2.09. The second-order valence-corrected chi connectivity index (χ2v) is 6.46. The van der Waals surface area contributed by atoms with Crippen molar-refractivity contribution in [1.29, 1.82) is 0 Å². The molecule has 3 heteroatoms. The van der Waals surface area contributed by atoms with Crippen molar-refractivity contribution in [3.05, 3.63) is 6.04 Å². The Kier molecular flexibility index (Phi) is 3.10. The Hall–Kier alpha value is 0.137. The van der Waals surface area contributed by atoms with E-state index in [2.05, 4.69) is 12.6 Å². The van der Waals surface area contributed by atoms with Gasteiger partial charge in [-0.15, -0.1) is 0 Å². The lowest BCUT2D eigenvalue weighted by atomic mass is 9.87. The zero-order valence-electron chi connectivity index (χ0n) is 7.59. The molecule has 1 aliphatic carbocycles. The second kappa shape index (κ2) is 3.69. The van der Waals surface area contributed by atoms with Crippen LogP contribution < -0.4 is 0 Å². The summed E-state index contributed by atoms with van der Waals surface area (Å²) in [5, 5.41) is 0. The van der Waals surface area contributed by atoms with Crippen LogP contribution in [0.4, 0.5) is 0 Å². The third-order valence-electron chi connectivity index (χ3n) is 2.50. The molecule has 0 spiro atoms. The van der Waals surface area contributed by atoms with Crippen molar-refractivity contribution in [3.8, 4) is 0 Å². The molecule has 1 aliphatic rings. The predicted molar refractivity (Wildman–Crippen MR) is 47.3 cm³/mol. The van der Waals surface area contributed by atoms with Crippen molar-refractivity contribution >= 4 is 8.56 Å². The first kappa shape index (κ1) is 9.23. The lowest BCUT2D eigenvalue weighted by molar-refractivity contribution is 0.243. The van der Waals surface area contributed by atoms with Crippen molar-refractivity contribution in [2.75, 3.05) is 14.2 Å². The first-order chi connectivity index (χ1) is 5.20. The predicted octanol–water partition coefficient (Wildman–Crippen LogP) is 1.89. The largest absolute Gasteiger partial charge is 0.398 e. The van der Waals surface area contributed by atoms with Crippen molar-refractivity contribution in [1.82, 2.24) is 0 Å². The summed E-state index contributed by atoms with van der Waals surface area (Å²) in [7, 11) is 1.63. The fraction of sp³-hybridized carbons (Fsp3) is 0.875. The molecule has 0 heterocycles. The summed E-state index contributed by atoms with van der Waals surface area (Å²) >= 11 is 0. The van der Waals surface area contributed by atoms with Gasteiger partial charge in [-0.25, -0.2) is 0 Å². The summed E-state index contributed by atoms with van der Waals surface area (Å²) in [5.41, 5.74) is 0. The highest BCUT2D eigenvalue weighted by Gasteiger charge is 2.34. The molecule has 0 N–H and O–H groups in total. The second-order valence-electron chi connectivity index (χ2n) is 3.28. The summed E-state index contributed by atoms with van der Waals surface area (Å²) in [6, 6.07) is 2.30. The summed E-state index contributed by atoms with van der Waals surface area (Å²) in [5.74, 6) is 0.770. The highest BCUT2D eigenvalue weighted by atomic mass is 28.4. The fourth-order valence-electron chi connectivity index (χ4n) is 1.25. The molecular weight excluding hydrogens is 156 g/mol. The summed E-state index contributed by atoms with van der Waals surface area (Å²) in [4.78, 5) is 0. The van der Waals surface area contributed by atoms with E-state index in [0.29, 0.717) is 0 Å². The van der Waals surface area contributed by atoms with E-state index in [4.69, 9.17) is 8.85 Å². The van der Waals surface area contributed by atoms with Crippen LogP contribution in [0.3, 0.4) is 0 Å². The van der Waals surface area contributed by atoms with Gasteiger partial charge < -0.3 is 8.85 Å². The van der Waals surface area contributed by atoms with E-state index in [1.165, 1.54) is 19.3 Å². The van der Waals surface area contributed by atoms with E-state index in [9.17, 15) is 0 Å². The van der Waals surface area contributed by atoms with Gasteiger partial charge in [0.15, 0.2) is 0 Å². The molecule has 0 aromatic carbocycles. The van der Waals surface area contributed by atoms with E-state index in [1.807, 2.05) is 0 Å². The highest BCUT2D eigenvalue weighted by molar-refractivity contribution is 6.69. The Morgan fingerprint density at radius 3 is 2.09 bits per heavy atom. The molecule has 0 aliphatic heterocycles. The normalized spacial score (nSPS) is 19.9. The topological polar surface area (TPSA) is 18.5 Å². The van der Waals surface area contributed by atoms with Gasteiger partial charge in [0.2, 0.25) is 0 Å². The molecule has 1 radical (unpaired) electrons. The van der Waals surface area contributed by atoms with Gasteiger partial charge in [-0.3, -0.25) is 0 Å². The Balaban J connectivity index is 2.29. The highest BCUT2D eigenvalue weighted by Crippen LogP contribution is 2.32. The van der Waals surface area contributed by atoms with Gasteiger partial charge in [0.25, 0.3) is 0 Å². The van der Waals surface area contributed by atoms with Gasteiger partial charge in [-0.05, 0) is 12.5 Å². The number of hydrogen-bond acceptors (Lipinski definition) is 2. The van der Waals surface area contributed by atoms with E-state index in [1.54, 1.807) is 14.2 Å². The third kappa shape index (κ3) is 2.29. The smallest absolute Gasteiger partial charge is 0.338 e. The van der Waals surface area contributed by atoms with Crippen LogP contribution in [0, 0.1) is 12.0 Å². The van der Waals surface area contributed by atoms with E-state index in [0.717, 1.165) is 5.92 Å². The summed E-state index contributed by atoms with van der Waals surface area (Å²) < 4.78 is 10.7. The molecule has 0 aromatic heterocycles. The molecule has 0 aromatic rings. The van der Waals surface area contributed by atoms with Gasteiger partial charge >= 0.3 is 8.56 Å². The zero-order chi connectivity index (χ0) is 8.32. The Labute approximate surface area is 70.1 Å². The molecule has 0 bridgehead atoms. The lowest BCUT2D eigenvalue weighted by Crippen LogP contribution is -2.41. The van der Waals surface area contributed by atoms with Gasteiger partial charge in [0.1, 0.15) is 0 Å². The van der Waals surface area contributed by atoms with Gasteiger partial charge in [0.05, 0.1) is 0 Å². The van der Waals surface area contributed by atoms with Crippen LogP contribution in [-0.4, -0.2) is 22.8 Å². The van der Waals surface area contributed by atoms with Gasteiger partial charge in [-0.1, -0.05) is 19.3 Å². The maximum Gasteiger partial charge on any atom is 0.338 e. The number of rotatable bonds is 4. The van der Waals surface area contributed by atoms with Crippen molar-refractivity contribution in [2.45, 2.75) is 25.8 Å². The van der Waals surface area contributed by atoms with E-state index in [-0.39, 0.29) is 0 Å². The Morgan fingerprint density at radius 1 is 1.27 bits per heavy atom. The van der Waals surface area contributed by atoms with Crippen LogP contribution in [0.5, 0.6) is 0 Å². The minimum absolute atomic E-state index is 0.770. The first-order valence-electron chi connectivity index (χ1n) is 4.16. The van der Waals surface area contributed by atoms with Crippen LogP contribution >= 0.6 is 0 Å². The average molecular weight is 173 g/mol. The summed E-state index contributed by atoms with van der Waals surface area (Å²) in [6.07, 6.45) is 4.03.